The Morgan fingerprint density at radius 3 is 1.85 bits per heavy atom. The molecule has 1 N–H and O–H groups in total. The first-order valence-corrected chi connectivity index (χ1v) is 10.7. The number of fused-ring (bicyclic) bond motifs is 1. The van der Waals surface area contributed by atoms with Crippen LogP contribution in [0.1, 0.15) is 22.6 Å². The molecule has 0 aliphatic carbocycles. The third-order valence-corrected chi connectivity index (χ3v) is 6.02. The number of hydrogen-bond donors (Lipinski definition) is 1. The molecule has 4 rings (SSSR count). The molecule has 0 amide bonds. The molecule has 0 aliphatic rings. The van der Waals surface area contributed by atoms with Crippen LogP contribution in [-0.4, -0.2) is 47.6 Å². The van der Waals surface area contributed by atoms with Gasteiger partial charge in [-0.05, 0) is 47.5 Å². The maximum absolute atomic E-state index is 5.82. The molecular weight excluding hydrogens is 434 g/mol. The van der Waals surface area contributed by atoms with Gasteiger partial charge in [-0.2, -0.15) is 0 Å². The molecule has 7 nitrogen and oxygen atoms in total. The van der Waals surface area contributed by atoms with E-state index in [2.05, 4.69) is 4.98 Å². The van der Waals surface area contributed by atoms with Crippen LogP contribution in [0.15, 0.2) is 54.7 Å². The van der Waals surface area contributed by atoms with Gasteiger partial charge in [-0.15, -0.1) is 0 Å². The highest BCUT2D eigenvalue weighted by atomic mass is 16.5. The van der Waals surface area contributed by atoms with Gasteiger partial charge in [-0.25, -0.2) is 0 Å². The summed E-state index contributed by atoms with van der Waals surface area (Å²) in [5.74, 6) is 3.73. The van der Waals surface area contributed by atoms with Crippen molar-refractivity contribution in [2.45, 2.75) is 5.92 Å². The summed E-state index contributed by atoms with van der Waals surface area (Å²) in [4.78, 5) is 3.39. The maximum Gasteiger partial charge on any atom is 0.164 e. The number of aromatic amines is 1. The summed E-state index contributed by atoms with van der Waals surface area (Å²) < 4.78 is 33.6. The number of hydrogen-bond acceptors (Lipinski definition) is 6. The third kappa shape index (κ3) is 4.05. The number of nitrogens with one attached hydrogen (secondary N) is 1. The fourth-order valence-electron chi connectivity index (χ4n) is 4.32. The Kier molecular flexibility index (Phi) is 6.72. The summed E-state index contributed by atoms with van der Waals surface area (Å²) in [5.41, 5.74) is 3.95. The molecule has 0 radical (unpaired) electrons. The predicted octanol–water partition coefficient (Wildman–Crippen LogP) is 5.40. The smallest absolute Gasteiger partial charge is 0.164 e. The second-order valence-corrected chi connectivity index (χ2v) is 7.65. The van der Waals surface area contributed by atoms with E-state index in [1.807, 2.05) is 54.7 Å². The zero-order valence-electron chi connectivity index (χ0n) is 20.2. The van der Waals surface area contributed by atoms with Gasteiger partial charge in [0.05, 0.1) is 42.7 Å². The fraction of sp³-hybridized carbons (Fsp3) is 0.259. The van der Waals surface area contributed by atoms with Crippen molar-refractivity contribution in [1.29, 1.82) is 0 Å². The van der Waals surface area contributed by atoms with Gasteiger partial charge in [0.1, 0.15) is 11.5 Å². The van der Waals surface area contributed by atoms with Gasteiger partial charge in [0.25, 0.3) is 0 Å². The lowest BCUT2D eigenvalue weighted by Crippen LogP contribution is -2.07. The van der Waals surface area contributed by atoms with Gasteiger partial charge in [0, 0.05) is 34.6 Å². The standard InChI is InChI=1S/C27H29NO6/c1-29-17-8-9-21-18(12-17)20(15-28-21)27(16-7-10-22(30-2)24(11-16)32-4)19-13-25(33-5)26(34-6)14-23(19)31-3/h7-15,27-28H,1-6H3. The van der Waals surface area contributed by atoms with E-state index in [-0.39, 0.29) is 5.92 Å². The predicted molar refractivity (Wildman–Crippen MR) is 131 cm³/mol. The number of methoxy groups -OCH3 is 6. The molecular formula is C27H29NO6. The van der Waals surface area contributed by atoms with E-state index in [1.54, 1.807) is 42.7 Å². The molecule has 0 spiro atoms. The highest BCUT2D eigenvalue weighted by Crippen LogP contribution is 2.46. The van der Waals surface area contributed by atoms with Gasteiger partial charge < -0.3 is 33.4 Å². The maximum atomic E-state index is 5.82. The Morgan fingerprint density at radius 2 is 1.21 bits per heavy atom. The SMILES string of the molecule is COc1ccc2[nH]cc(C(c3ccc(OC)c(OC)c3)c3cc(OC)c(OC)cc3OC)c2c1. The molecule has 1 aromatic heterocycles. The molecule has 0 saturated carbocycles. The van der Waals surface area contributed by atoms with Crippen LogP contribution in [0.5, 0.6) is 34.5 Å². The summed E-state index contributed by atoms with van der Waals surface area (Å²) in [5, 5.41) is 1.04. The van der Waals surface area contributed by atoms with Crippen LogP contribution in [-0.2, 0) is 0 Å². The van der Waals surface area contributed by atoms with Gasteiger partial charge in [-0.3, -0.25) is 0 Å². The summed E-state index contributed by atoms with van der Waals surface area (Å²) in [7, 11) is 9.79. The van der Waals surface area contributed by atoms with Crippen molar-refractivity contribution in [3.05, 3.63) is 71.4 Å². The van der Waals surface area contributed by atoms with Crippen LogP contribution in [0, 0.1) is 0 Å². The molecule has 1 atom stereocenters. The lowest BCUT2D eigenvalue weighted by Gasteiger charge is -2.23. The van der Waals surface area contributed by atoms with Crippen molar-refractivity contribution in [2.75, 3.05) is 42.7 Å². The fourth-order valence-corrected chi connectivity index (χ4v) is 4.32. The van der Waals surface area contributed by atoms with E-state index >= 15 is 0 Å². The molecule has 1 unspecified atom stereocenters. The summed E-state index contributed by atoms with van der Waals surface area (Å²) in [6.07, 6.45) is 2.02. The molecule has 0 bridgehead atoms. The van der Waals surface area contributed by atoms with Crippen molar-refractivity contribution in [1.82, 2.24) is 4.98 Å². The van der Waals surface area contributed by atoms with Crippen LogP contribution in [0.25, 0.3) is 10.9 Å². The Labute approximate surface area is 199 Å². The minimum Gasteiger partial charge on any atom is -0.497 e. The van der Waals surface area contributed by atoms with Crippen molar-refractivity contribution in [3.63, 3.8) is 0 Å². The Bertz CT molecular complexity index is 1300. The van der Waals surface area contributed by atoms with Crippen molar-refractivity contribution >= 4 is 10.9 Å². The molecule has 178 valence electrons. The largest absolute Gasteiger partial charge is 0.497 e. The lowest BCUT2D eigenvalue weighted by molar-refractivity contribution is 0.347. The van der Waals surface area contributed by atoms with Crippen LogP contribution in [0.4, 0.5) is 0 Å². The van der Waals surface area contributed by atoms with E-state index in [4.69, 9.17) is 28.4 Å². The van der Waals surface area contributed by atoms with E-state index in [0.29, 0.717) is 28.7 Å². The van der Waals surface area contributed by atoms with Crippen LogP contribution >= 0.6 is 0 Å². The third-order valence-electron chi connectivity index (χ3n) is 6.02. The number of H-pyrrole nitrogens is 1. The zero-order valence-corrected chi connectivity index (χ0v) is 20.2. The molecule has 1 heterocycles. The number of benzene rings is 3. The summed E-state index contributed by atoms with van der Waals surface area (Å²) >= 11 is 0. The normalized spacial score (nSPS) is 11.7. The summed E-state index contributed by atoms with van der Waals surface area (Å²) in [6, 6.07) is 15.7. The number of aromatic nitrogens is 1. The highest BCUT2D eigenvalue weighted by Gasteiger charge is 2.27. The Balaban J connectivity index is 2.03. The number of ether oxygens (including phenoxy) is 6. The van der Waals surface area contributed by atoms with Crippen molar-refractivity contribution < 1.29 is 28.4 Å². The minimum absolute atomic E-state index is 0.226. The summed E-state index contributed by atoms with van der Waals surface area (Å²) in [6.45, 7) is 0. The topological polar surface area (TPSA) is 71.2 Å². The van der Waals surface area contributed by atoms with Crippen LogP contribution < -0.4 is 28.4 Å². The lowest BCUT2D eigenvalue weighted by atomic mass is 9.84. The average Bonchev–Trinajstić information content (AvgIpc) is 3.30. The van der Waals surface area contributed by atoms with Crippen molar-refractivity contribution in [3.8, 4) is 34.5 Å². The van der Waals surface area contributed by atoms with Crippen LogP contribution in [0.2, 0.25) is 0 Å². The molecule has 34 heavy (non-hydrogen) atoms. The van der Waals surface area contributed by atoms with E-state index in [0.717, 1.165) is 33.3 Å². The Hall–Kier alpha value is -4.00. The van der Waals surface area contributed by atoms with E-state index in [1.165, 1.54) is 0 Å². The molecule has 7 heteroatoms. The monoisotopic (exact) mass is 463 g/mol. The first-order valence-electron chi connectivity index (χ1n) is 10.7. The van der Waals surface area contributed by atoms with E-state index < -0.39 is 0 Å². The molecule has 0 aliphatic heterocycles. The molecule has 0 fully saturated rings. The first kappa shape index (κ1) is 23.2. The van der Waals surface area contributed by atoms with Gasteiger partial charge in [0.15, 0.2) is 23.0 Å². The zero-order chi connectivity index (χ0) is 24.2. The van der Waals surface area contributed by atoms with Crippen LogP contribution in [0.3, 0.4) is 0 Å². The van der Waals surface area contributed by atoms with Crippen molar-refractivity contribution in [2.24, 2.45) is 0 Å². The molecule has 0 saturated heterocycles. The molecule has 3 aromatic carbocycles. The quantitative estimate of drug-likeness (QED) is 0.358. The van der Waals surface area contributed by atoms with Gasteiger partial charge in [0.2, 0.25) is 0 Å². The van der Waals surface area contributed by atoms with Gasteiger partial charge in [-0.1, -0.05) is 6.07 Å². The molecule has 4 aromatic rings. The second kappa shape index (κ2) is 9.87. The second-order valence-electron chi connectivity index (χ2n) is 7.65. The minimum atomic E-state index is -0.226. The number of rotatable bonds is 9. The van der Waals surface area contributed by atoms with Gasteiger partial charge >= 0.3 is 0 Å². The first-order chi connectivity index (χ1) is 16.6. The average molecular weight is 464 g/mol. The van der Waals surface area contributed by atoms with E-state index in [9.17, 15) is 0 Å². The Morgan fingerprint density at radius 1 is 0.559 bits per heavy atom. The highest BCUT2D eigenvalue weighted by molar-refractivity contribution is 5.86.